The molecule has 3 aromatic carbocycles. The predicted molar refractivity (Wildman–Crippen MR) is 157 cm³/mol. The number of hydrogen-bond acceptors (Lipinski definition) is 6. The van der Waals surface area contributed by atoms with Crippen LogP contribution >= 0.6 is 0 Å². The van der Waals surface area contributed by atoms with Gasteiger partial charge >= 0.3 is 0 Å². The van der Waals surface area contributed by atoms with Crippen LogP contribution in [0.2, 0.25) is 0 Å². The second-order valence-corrected chi connectivity index (χ2v) is 10.3. The molecule has 0 fully saturated rings. The molecule has 0 saturated heterocycles. The van der Waals surface area contributed by atoms with Gasteiger partial charge in [-0.1, -0.05) is 86.6 Å². The highest BCUT2D eigenvalue weighted by Crippen LogP contribution is 2.34. The Balaban J connectivity index is 1.60. The lowest BCUT2D eigenvalue weighted by Crippen LogP contribution is -2.03. The molecule has 0 atom stereocenters. The van der Waals surface area contributed by atoms with Crippen molar-refractivity contribution in [1.82, 2.24) is 15.0 Å². The molecule has 1 N–H and O–H groups in total. The lowest BCUT2D eigenvalue weighted by molar-refractivity contribution is -0.207. The molecule has 0 unspecified atom stereocenters. The molecule has 6 heteroatoms. The van der Waals surface area contributed by atoms with Crippen LogP contribution in [0.15, 0.2) is 54.6 Å². The Labute approximate surface area is 232 Å². The lowest BCUT2D eigenvalue weighted by atomic mass is 10.0. The molecule has 6 nitrogen and oxygen atoms in total. The molecule has 0 amide bonds. The molecule has 4 rings (SSSR count). The van der Waals surface area contributed by atoms with Gasteiger partial charge in [0.25, 0.3) is 0 Å². The number of aromatic hydroxyl groups is 1. The van der Waals surface area contributed by atoms with Gasteiger partial charge in [-0.2, -0.15) is 4.89 Å². The Morgan fingerprint density at radius 3 is 1.67 bits per heavy atom. The molecule has 0 spiro atoms. The maximum absolute atomic E-state index is 10.9. The molecule has 0 aliphatic heterocycles. The largest absolute Gasteiger partial charge is 0.507 e. The second kappa shape index (κ2) is 13.3. The van der Waals surface area contributed by atoms with Gasteiger partial charge in [-0.05, 0) is 57.4 Å². The summed E-state index contributed by atoms with van der Waals surface area (Å²) >= 11 is 0. The Bertz CT molecular complexity index is 1350. The maximum Gasteiger partial charge on any atom is 0.169 e. The normalized spacial score (nSPS) is 11.1. The van der Waals surface area contributed by atoms with E-state index in [1.54, 1.807) is 12.1 Å². The fraction of sp³-hybridized carbons (Fsp3) is 0.364. The molecule has 204 valence electrons. The van der Waals surface area contributed by atoms with Crippen molar-refractivity contribution in [3.05, 3.63) is 76.9 Å². The number of phenolic OH excluding ortho intramolecular Hbond substituents is 1. The van der Waals surface area contributed by atoms with Gasteiger partial charge in [0, 0.05) is 17.2 Å². The van der Waals surface area contributed by atoms with E-state index >= 15 is 0 Å². The van der Waals surface area contributed by atoms with Crippen molar-refractivity contribution in [1.29, 1.82) is 0 Å². The number of unbranched alkanes of at least 4 members (excludes halogenated alkanes) is 5. The first-order valence-corrected chi connectivity index (χ1v) is 13.9. The molecule has 39 heavy (non-hydrogen) atoms. The van der Waals surface area contributed by atoms with Crippen LogP contribution in [0.1, 0.15) is 67.7 Å². The lowest BCUT2D eigenvalue weighted by Gasteiger charge is -2.13. The fourth-order valence-corrected chi connectivity index (χ4v) is 4.67. The second-order valence-electron chi connectivity index (χ2n) is 10.3. The van der Waals surface area contributed by atoms with Crippen molar-refractivity contribution >= 4 is 0 Å². The molecular formula is C33H39N3O3. The van der Waals surface area contributed by atoms with Gasteiger partial charge in [0.15, 0.2) is 23.2 Å². The first-order chi connectivity index (χ1) is 18.9. The van der Waals surface area contributed by atoms with Crippen LogP contribution in [0.25, 0.3) is 34.2 Å². The van der Waals surface area contributed by atoms with Gasteiger partial charge in [-0.15, -0.1) is 0 Å². The van der Waals surface area contributed by atoms with Crippen LogP contribution in [0.4, 0.5) is 0 Å². The summed E-state index contributed by atoms with van der Waals surface area (Å²) in [6.45, 7) is 11.0. The molecule has 1 heterocycles. The highest BCUT2D eigenvalue weighted by molar-refractivity contribution is 5.72. The summed E-state index contributed by atoms with van der Waals surface area (Å²) in [5.41, 5.74) is 6.86. The third-order valence-electron chi connectivity index (χ3n) is 6.83. The molecule has 1 aromatic heterocycles. The number of phenols is 1. The first kappa shape index (κ1) is 28.2. The Hall–Kier alpha value is -3.77. The van der Waals surface area contributed by atoms with Crippen molar-refractivity contribution < 1.29 is 14.9 Å². The summed E-state index contributed by atoms with van der Waals surface area (Å²) in [5.74, 6) is 1.97. The van der Waals surface area contributed by atoms with Gasteiger partial charge in [0.1, 0.15) is 5.75 Å². The van der Waals surface area contributed by atoms with Gasteiger partial charge < -0.3 is 9.99 Å². The standard InChI is InChI=1S/C33H39N3O3/c1-6-7-8-9-10-11-18-38-39-26-14-17-29(30(37)21-26)33-35-31(27-15-12-22(2)19-24(27)4)34-32(36-33)28-16-13-23(3)20-25(28)5/h12-17,19-21,37H,6-11,18H2,1-5H3. The van der Waals surface area contributed by atoms with Gasteiger partial charge in [-0.25, -0.2) is 15.0 Å². The SMILES string of the molecule is CCCCCCCCOOc1ccc(-c2nc(-c3ccc(C)cc3C)nc(-c3ccc(C)cc3C)n2)c(O)c1. The van der Waals surface area contributed by atoms with Crippen molar-refractivity contribution in [3.63, 3.8) is 0 Å². The zero-order valence-electron chi connectivity index (χ0n) is 23.8. The molecule has 0 aliphatic rings. The van der Waals surface area contributed by atoms with Crippen molar-refractivity contribution in [2.24, 2.45) is 0 Å². The number of hydrogen-bond donors (Lipinski definition) is 1. The van der Waals surface area contributed by atoms with Gasteiger partial charge in [0.05, 0.1) is 12.2 Å². The van der Waals surface area contributed by atoms with E-state index in [9.17, 15) is 5.11 Å². The van der Waals surface area contributed by atoms with Crippen LogP contribution < -0.4 is 4.89 Å². The number of rotatable bonds is 12. The minimum absolute atomic E-state index is 0.0139. The summed E-state index contributed by atoms with van der Waals surface area (Å²) < 4.78 is 0. The summed E-state index contributed by atoms with van der Waals surface area (Å²) in [6, 6.07) is 17.5. The van der Waals surface area contributed by atoms with Crippen molar-refractivity contribution in [2.75, 3.05) is 6.61 Å². The van der Waals surface area contributed by atoms with Crippen molar-refractivity contribution in [2.45, 2.75) is 73.1 Å². The minimum Gasteiger partial charge on any atom is -0.507 e. The Morgan fingerprint density at radius 2 is 1.13 bits per heavy atom. The molecule has 0 saturated carbocycles. The van der Waals surface area contributed by atoms with E-state index in [0.29, 0.717) is 35.4 Å². The molecule has 0 aliphatic carbocycles. The van der Waals surface area contributed by atoms with E-state index in [2.05, 4.69) is 58.9 Å². The Kier molecular flexibility index (Phi) is 9.66. The predicted octanol–water partition coefficient (Wildman–Crippen LogP) is 8.48. The monoisotopic (exact) mass is 525 g/mol. The van der Waals surface area contributed by atoms with E-state index in [1.807, 2.05) is 12.1 Å². The van der Waals surface area contributed by atoms with Gasteiger partial charge in [-0.3, -0.25) is 0 Å². The zero-order chi connectivity index (χ0) is 27.8. The summed E-state index contributed by atoms with van der Waals surface area (Å²) in [5, 5.41) is 10.9. The van der Waals surface area contributed by atoms with Crippen LogP contribution in [-0.4, -0.2) is 26.7 Å². The first-order valence-electron chi connectivity index (χ1n) is 13.9. The van der Waals surface area contributed by atoms with E-state index in [4.69, 9.17) is 24.7 Å². The van der Waals surface area contributed by atoms with Crippen molar-refractivity contribution in [3.8, 4) is 45.7 Å². The average molecular weight is 526 g/mol. The molecule has 4 aromatic rings. The minimum atomic E-state index is 0.0139. The third-order valence-corrected chi connectivity index (χ3v) is 6.83. The molecule has 0 bridgehead atoms. The summed E-state index contributed by atoms with van der Waals surface area (Å²) in [7, 11) is 0. The highest BCUT2D eigenvalue weighted by Gasteiger charge is 2.17. The Morgan fingerprint density at radius 1 is 0.615 bits per heavy atom. The highest BCUT2D eigenvalue weighted by atomic mass is 17.2. The number of benzene rings is 3. The van der Waals surface area contributed by atoms with Crippen LogP contribution in [0, 0.1) is 27.7 Å². The molecular weight excluding hydrogens is 486 g/mol. The number of aromatic nitrogens is 3. The number of aryl methyl sites for hydroxylation is 4. The van der Waals surface area contributed by atoms with Crippen LogP contribution in [0.3, 0.4) is 0 Å². The summed E-state index contributed by atoms with van der Waals surface area (Å²) in [6.07, 6.45) is 7.07. The zero-order valence-corrected chi connectivity index (χ0v) is 23.8. The van der Waals surface area contributed by atoms with Crippen LogP contribution in [-0.2, 0) is 4.89 Å². The third kappa shape index (κ3) is 7.42. The maximum atomic E-state index is 10.9. The van der Waals surface area contributed by atoms with Gasteiger partial charge in [0.2, 0.25) is 0 Å². The molecule has 0 radical (unpaired) electrons. The van der Waals surface area contributed by atoms with Crippen LogP contribution in [0.5, 0.6) is 11.5 Å². The summed E-state index contributed by atoms with van der Waals surface area (Å²) in [4.78, 5) is 25.2. The smallest absolute Gasteiger partial charge is 0.169 e. The quantitative estimate of drug-likeness (QED) is 0.114. The van der Waals surface area contributed by atoms with E-state index in [-0.39, 0.29) is 5.75 Å². The van der Waals surface area contributed by atoms with E-state index in [0.717, 1.165) is 35.1 Å². The average Bonchev–Trinajstić information content (AvgIpc) is 2.90. The topological polar surface area (TPSA) is 77.4 Å². The fourth-order valence-electron chi connectivity index (χ4n) is 4.67. The number of nitrogens with zero attached hydrogens (tertiary/aromatic N) is 3. The van der Waals surface area contributed by atoms with E-state index < -0.39 is 0 Å². The van der Waals surface area contributed by atoms with E-state index in [1.165, 1.54) is 42.9 Å².